The molecule has 1 aliphatic rings. The van der Waals surface area contributed by atoms with E-state index < -0.39 is 23.7 Å². The molecule has 1 aliphatic heterocycles. The molecule has 2 heterocycles. The molecule has 9 heteroatoms. The van der Waals surface area contributed by atoms with Gasteiger partial charge in [0.05, 0.1) is 16.9 Å². The Kier molecular flexibility index (Phi) is 5.64. The van der Waals surface area contributed by atoms with E-state index in [1.54, 1.807) is 4.68 Å². The van der Waals surface area contributed by atoms with Crippen LogP contribution in [0.4, 0.5) is 15.9 Å². The van der Waals surface area contributed by atoms with Crippen molar-refractivity contribution in [3.63, 3.8) is 0 Å². The Morgan fingerprint density at radius 2 is 1.74 bits per heavy atom. The number of hydrazone groups is 1. The maximum atomic E-state index is 13.3. The normalized spacial score (nSPS) is 16.9. The summed E-state index contributed by atoms with van der Waals surface area (Å²) in [5.74, 6) is -0.932. The molecule has 0 radical (unpaired) electrons. The summed E-state index contributed by atoms with van der Waals surface area (Å²) in [4.78, 5) is 25.0. The van der Waals surface area contributed by atoms with Crippen molar-refractivity contribution in [1.29, 1.82) is 0 Å². The second kappa shape index (κ2) is 7.79. The molecule has 0 spiro atoms. The van der Waals surface area contributed by atoms with Crippen molar-refractivity contribution >= 4 is 29.0 Å². The van der Waals surface area contributed by atoms with Gasteiger partial charge in [0, 0.05) is 17.9 Å². The maximum absolute atomic E-state index is 13.3. The Labute approximate surface area is 181 Å². The van der Waals surface area contributed by atoms with E-state index in [9.17, 15) is 14.0 Å². The van der Waals surface area contributed by atoms with Gasteiger partial charge in [0.15, 0.2) is 0 Å². The van der Waals surface area contributed by atoms with Gasteiger partial charge >= 0.3 is 0 Å². The van der Waals surface area contributed by atoms with Gasteiger partial charge in [0.2, 0.25) is 5.91 Å². The molecule has 31 heavy (non-hydrogen) atoms. The summed E-state index contributed by atoms with van der Waals surface area (Å²) in [5, 5.41) is 13.3. The van der Waals surface area contributed by atoms with Gasteiger partial charge in [0.1, 0.15) is 23.4 Å². The minimum Gasteiger partial charge on any atom is -0.368 e. The van der Waals surface area contributed by atoms with Crippen LogP contribution in [0, 0.1) is 5.82 Å². The number of carbonyl (C=O) groups is 2. The molecule has 0 fully saturated rings. The van der Waals surface area contributed by atoms with Gasteiger partial charge in [-0.15, -0.1) is 0 Å². The fourth-order valence-corrected chi connectivity index (χ4v) is 3.24. The van der Waals surface area contributed by atoms with Gasteiger partial charge in [0.25, 0.3) is 5.91 Å². The highest BCUT2D eigenvalue weighted by Crippen LogP contribution is 2.29. The van der Waals surface area contributed by atoms with Gasteiger partial charge < -0.3 is 11.1 Å². The third-order valence-electron chi connectivity index (χ3n) is 4.95. The van der Waals surface area contributed by atoms with Crippen LogP contribution >= 0.6 is 0 Å². The van der Waals surface area contributed by atoms with Gasteiger partial charge in [-0.25, -0.2) is 9.07 Å². The summed E-state index contributed by atoms with van der Waals surface area (Å²) in [6.07, 6.45) is 0.0499. The number of hydrogen-bond donors (Lipinski definition) is 2. The van der Waals surface area contributed by atoms with Gasteiger partial charge in [-0.05, 0) is 45.0 Å². The number of nitrogens with one attached hydrogen (secondary N) is 1. The molecule has 3 rings (SSSR count). The number of hydrogen-bond acceptors (Lipinski definition) is 5. The average Bonchev–Trinajstić information content (AvgIpc) is 3.26. The van der Waals surface area contributed by atoms with E-state index in [1.165, 1.54) is 29.3 Å². The fraction of sp³-hybridized carbons (Fsp3) is 0.455. The quantitative estimate of drug-likeness (QED) is 0.780. The molecule has 1 unspecified atom stereocenters. The van der Waals surface area contributed by atoms with E-state index in [0.717, 1.165) is 5.69 Å². The molecule has 2 amide bonds. The monoisotopic (exact) mass is 428 g/mol. The number of anilines is 2. The zero-order chi connectivity index (χ0) is 23.1. The van der Waals surface area contributed by atoms with E-state index >= 15 is 0 Å². The topological polar surface area (TPSA) is 106 Å². The Bertz CT molecular complexity index is 1030. The summed E-state index contributed by atoms with van der Waals surface area (Å²) in [6.45, 7) is 12.1. The Morgan fingerprint density at radius 3 is 2.26 bits per heavy atom. The number of nitrogens with zero attached hydrogens (tertiary/aromatic N) is 4. The van der Waals surface area contributed by atoms with Crippen LogP contribution in [0.15, 0.2) is 35.4 Å². The van der Waals surface area contributed by atoms with Crippen molar-refractivity contribution in [1.82, 2.24) is 9.78 Å². The standard InChI is InChI=1S/C22H29FN6O2/c1-21(2,3)17-12-18(29(27-17)22(4,5)6)25-20(31)15-11-16(19(24)30)28(26-15)14-9-7-13(23)8-10-14/h7-10,12,16H,11H2,1-6H3,(H2,24,30)(H,25,31). The van der Waals surface area contributed by atoms with Crippen molar-refractivity contribution in [2.75, 3.05) is 10.3 Å². The van der Waals surface area contributed by atoms with Gasteiger partial charge in [-0.1, -0.05) is 20.8 Å². The first kappa shape index (κ1) is 22.5. The molecular formula is C22H29FN6O2. The highest BCUT2D eigenvalue weighted by molar-refractivity contribution is 6.44. The lowest BCUT2D eigenvalue weighted by Gasteiger charge is -2.23. The summed E-state index contributed by atoms with van der Waals surface area (Å²) in [6, 6.07) is 6.51. The summed E-state index contributed by atoms with van der Waals surface area (Å²) >= 11 is 0. The molecule has 0 aliphatic carbocycles. The smallest absolute Gasteiger partial charge is 0.273 e. The van der Waals surface area contributed by atoms with E-state index in [0.29, 0.717) is 11.5 Å². The largest absolute Gasteiger partial charge is 0.368 e. The summed E-state index contributed by atoms with van der Waals surface area (Å²) in [5.41, 5.74) is 6.45. The molecule has 1 aromatic heterocycles. The maximum Gasteiger partial charge on any atom is 0.273 e. The van der Waals surface area contributed by atoms with E-state index in [1.807, 2.05) is 47.6 Å². The molecular weight excluding hydrogens is 399 g/mol. The first-order valence-electron chi connectivity index (χ1n) is 10.1. The second-order valence-corrected chi connectivity index (χ2v) is 9.69. The highest BCUT2D eigenvalue weighted by Gasteiger charge is 2.36. The molecule has 3 N–H and O–H groups in total. The van der Waals surface area contributed by atoms with Crippen molar-refractivity contribution in [3.8, 4) is 0 Å². The highest BCUT2D eigenvalue weighted by atomic mass is 19.1. The van der Waals surface area contributed by atoms with E-state index in [4.69, 9.17) is 5.73 Å². The van der Waals surface area contributed by atoms with Crippen molar-refractivity contribution in [3.05, 3.63) is 41.8 Å². The molecule has 8 nitrogen and oxygen atoms in total. The number of amides is 2. The lowest BCUT2D eigenvalue weighted by atomic mass is 9.92. The number of benzene rings is 1. The average molecular weight is 429 g/mol. The predicted octanol–water partition coefficient (Wildman–Crippen LogP) is 3.13. The lowest BCUT2D eigenvalue weighted by Crippen LogP contribution is -2.39. The Hall–Kier alpha value is -3.23. The van der Waals surface area contributed by atoms with Crippen molar-refractivity contribution < 1.29 is 14.0 Å². The van der Waals surface area contributed by atoms with Crippen LogP contribution < -0.4 is 16.1 Å². The zero-order valence-corrected chi connectivity index (χ0v) is 18.7. The first-order valence-corrected chi connectivity index (χ1v) is 10.1. The lowest BCUT2D eigenvalue weighted by molar-refractivity contribution is -0.119. The number of nitrogens with two attached hydrogens (primary N) is 1. The van der Waals surface area contributed by atoms with Crippen LogP contribution in [-0.2, 0) is 20.5 Å². The van der Waals surface area contributed by atoms with Gasteiger partial charge in [-0.2, -0.15) is 10.2 Å². The SMILES string of the molecule is CC(C)(C)c1cc(NC(=O)C2=NN(c3ccc(F)cc3)C(C(N)=O)C2)n(C(C)(C)C)n1. The molecule has 1 aromatic carbocycles. The van der Waals surface area contributed by atoms with Crippen LogP contribution in [0.3, 0.4) is 0 Å². The fourth-order valence-electron chi connectivity index (χ4n) is 3.24. The number of primary amides is 1. The number of aromatic nitrogens is 2. The zero-order valence-electron chi connectivity index (χ0n) is 18.7. The van der Waals surface area contributed by atoms with Crippen LogP contribution in [0.1, 0.15) is 53.7 Å². The van der Waals surface area contributed by atoms with Crippen molar-refractivity contribution in [2.45, 2.75) is 65.0 Å². The summed E-state index contributed by atoms with van der Waals surface area (Å²) in [7, 11) is 0. The third-order valence-corrected chi connectivity index (χ3v) is 4.95. The van der Waals surface area contributed by atoms with E-state index in [2.05, 4.69) is 15.5 Å². The molecule has 0 saturated heterocycles. The van der Waals surface area contributed by atoms with Gasteiger partial charge in [-0.3, -0.25) is 14.6 Å². The first-order chi connectivity index (χ1) is 14.3. The molecule has 2 aromatic rings. The minimum atomic E-state index is -0.830. The molecule has 166 valence electrons. The second-order valence-electron chi connectivity index (χ2n) is 9.69. The summed E-state index contributed by atoms with van der Waals surface area (Å²) < 4.78 is 15.0. The van der Waals surface area contributed by atoms with E-state index in [-0.39, 0.29) is 23.1 Å². The molecule has 0 bridgehead atoms. The predicted molar refractivity (Wildman–Crippen MR) is 118 cm³/mol. The minimum absolute atomic E-state index is 0.0499. The molecule has 0 saturated carbocycles. The van der Waals surface area contributed by atoms with Crippen LogP contribution in [0.2, 0.25) is 0 Å². The Balaban J connectivity index is 1.91. The Morgan fingerprint density at radius 1 is 1.13 bits per heavy atom. The van der Waals surface area contributed by atoms with Crippen LogP contribution in [0.5, 0.6) is 0 Å². The van der Waals surface area contributed by atoms with Crippen molar-refractivity contribution in [2.24, 2.45) is 10.8 Å². The molecule has 1 atom stereocenters. The third kappa shape index (κ3) is 4.76. The van der Waals surface area contributed by atoms with Crippen LogP contribution in [0.25, 0.3) is 0 Å². The number of carbonyl (C=O) groups excluding carboxylic acids is 2. The number of halogens is 1. The number of rotatable bonds is 4. The van der Waals surface area contributed by atoms with Crippen LogP contribution in [-0.4, -0.2) is 33.3 Å².